The molecule has 3 fully saturated rings. The minimum atomic E-state index is -0.719. The largest absolute Gasteiger partial charge is 0.493 e. The molecule has 3 saturated heterocycles. The second-order valence-electron chi connectivity index (χ2n) is 10.0. The topological polar surface area (TPSA) is 72.5 Å². The van der Waals surface area contributed by atoms with E-state index in [0.29, 0.717) is 24.7 Å². The monoisotopic (exact) mass is 478 g/mol. The summed E-state index contributed by atoms with van der Waals surface area (Å²) in [5.41, 5.74) is 3.70. The van der Waals surface area contributed by atoms with Crippen LogP contribution in [0.3, 0.4) is 0 Å². The predicted molar refractivity (Wildman–Crippen MR) is 126 cm³/mol. The van der Waals surface area contributed by atoms with Crippen LogP contribution in [0.15, 0.2) is 59.7 Å². The summed E-state index contributed by atoms with van der Waals surface area (Å²) in [7, 11) is 1.61. The summed E-state index contributed by atoms with van der Waals surface area (Å²) in [6, 6.07) is 15.7. The molecule has 0 bridgehead atoms. The molecule has 6 rings (SSSR count). The predicted octanol–water partition coefficient (Wildman–Crippen LogP) is 4.15. The minimum absolute atomic E-state index is 0.0945. The van der Waals surface area contributed by atoms with E-state index in [1.54, 1.807) is 7.11 Å². The molecule has 0 saturated carbocycles. The first-order valence-corrected chi connectivity index (χ1v) is 12.1. The van der Waals surface area contributed by atoms with Crippen molar-refractivity contribution in [3.63, 3.8) is 0 Å². The Morgan fingerprint density at radius 2 is 1.80 bits per heavy atom. The van der Waals surface area contributed by atoms with Crippen LogP contribution in [0.2, 0.25) is 0 Å². The maximum absolute atomic E-state index is 13.5. The van der Waals surface area contributed by atoms with Crippen LogP contribution >= 0.6 is 0 Å². The third-order valence-electron chi connectivity index (χ3n) is 7.49. The van der Waals surface area contributed by atoms with Crippen molar-refractivity contribution in [3.05, 3.63) is 70.8 Å². The van der Waals surface area contributed by atoms with Crippen molar-refractivity contribution >= 4 is 5.78 Å². The van der Waals surface area contributed by atoms with Gasteiger partial charge in [-0.1, -0.05) is 36.4 Å². The van der Waals surface area contributed by atoms with Crippen molar-refractivity contribution in [2.24, 2.45) is 5.92 Å². The zero-order valence-electron chi connectivity index (χ0n) is 20.4. The highest BCUT2D eigenvalue weighted by atomic mass is 16.8. The van der Waals surface area contributed by atoms with Crippen molar-refractivity contribution in [1.82, 2.24) is 0 Å². The quantitative estimate of drug-likeness (QED) is 0.639. The average Bonchev–Trinajstić information content (AvgIpc) is 3.43. The number of allylic oxidation sites excluding steroid dienone is 1. The second kappa shape index (κ2) is 8.45. The molecule has 2 aromatic carbocycles. The molecule has 7 heteroatoms. The molecule has 4 aliphatic rings. The molecule has 0 spiro atoms. The molecule has 0 radical (unpaired) electrons. The summed E-state index contributed by atoms with van der Waals surface area (Å²) in [6.07, 6.45) is -1.42. The van der Waals surface area contributed by atoms with E-state index in [-0.39, 0.29) is 35.9 Å². The zero-order chi connectivity index (χ0) is 24.3. The molecule has 35 heavy (non-hydrogen) atoms. The normalized spacial score (nSPS) is 32.9. The molecule has 6 atom stereocenters. The molecular formula is C28H30O7. The highest BCUT2D eigenvalue weighted by Gasteiger charge is 2.62. The number of benzene rings is 2. The molecule has 1 aliphatic carbocycles. The van der Waals surface area contributed by atoms with Crippen molar-refractivity contribution in [1.29, 1.82) is 0 Å². The van der Waals surface area contributed by atoms with E-state index in [2.05, 4.69) is 0 Å². The van der Waals surface area contributed by atoms with Crippen LogP contribution in [0.1, 0.15) is 37.8 Å². The molecule has 0 N–H and O–H groups in total. The Balaban J connectivity index is 1.28. The van der Waals surface area contributed by atoms with Gasteiger partial charge in [-0.25, -0.2) is 0 Å². The van der Waals surface area contributed by atoms with Gasteiger partial charge < -0.3 is 28.4 Å². The summed E-state index contributed by atoms with van der Waals surface area (Å²) in [5.74, 6) is 0.0868. The lowest BCUT2D eigenvalue weighted by atomic mass is 9.78. The third kappa shape index (κ3) is 3.78. The van der Waals surface area contributed by atoms with E-state index in [0.717, 1.165) is 22.3 Å². The lowest BCUT2D eigenvalue weighted by molar-refractivity contribution is -0.227. The van der Waals surface area contributed by atoms with Crippen LogP contribution in [0.5, 0.6) is 11.5 Å². The van der Waals surface area contributed by atoms with Gasteiger partial charge in [0, 0.05) is 5.92 Å². The highest BCUT2D eigenvalue weighted by Crippen LogP contribution is 2.53. The fourth-order valence-electron chi connectivity index (χ4n) is 5.86. The molecule has 7 nitrogen and oxygen atoms in total. The highest BCUT2D eigenvalue weighted by molar-refractivity contribution is 6.04. The van der Waals surface area contributed by atoms with E-state index in [1.165, 1.54) is 0 Å². The number of fused-ring (bicyclic) bond motifs is 5. The van der Waals surface area contributed by atoms with Crippen molar-refractivity contribution < 1.29 is 33.2 Å². The molecule has 0 aromatic heterocycles. The van der Waals surface area contributed by atoms with E-state index in [4.69, 9.17) is 28.4 Å². The summed E-state index contributed by atoms with van der Waals surface area (Å²) in [6.45, 7) is 6.45. The number of methoxy groups -OCH3 is 1. The molecule has 3 aliphatic heterocycles. The number of hydrogen-bond acceptors (Lipinski definition) is 7. The number of carbonyl (C=O) groups is 1. The van der Waals surface area contributed by atoms with Gasteiger partial charge in [-0.3, -0.25) is 4.79 Å². The van der Waals surface area contributed by atoms with Crippen LogP contribution in [-0.4, -0.2) is 49.9 Å². The van der Waals surface area contributed by atoms with E-state index < -0.39 is 12.1 Å². The molecule has 0 amide bonds. The number of hydrogen-bond donors (Lipinski definition) is 0. The van der Waals surface area contributed by atoms with Gasteiger partial charge in [-0.2, -0.15) is 0 Å². The van der Waals surface area contributed by atoms with Gasteiger partial charge in [0.1, 0.15) is 18.8 Å². The number of Topliss-reactive ketones (excluding diaryl/α,β-unsaturated/α-hetero) is 1. The fourth-order valence-corrected chi connectivity index (χ4v) is 5.86. The molecular weight excluding hydrogens is 448 g/mol. The molecule has 2 aromatic rings. The van der Waals surface area contributed by atoms with Gasteiger partial charge >= 0.3 is 0 Å². The van der Waals surface area contributed by atoms with E-state index in [9.17, 15) is 4.79 Å². The molecule has 0 unspecified atom stereocenters. The lowest BCUT2D eigenvalue weighted by Crippen LogP contribution is -2.46. The maximum atomic E-state index is 13.5. The first-order chi connectivity index (χ1) is 16.9. The summed E-state index contributed by atoms with van der Waals surface area (Å²) >= 11 is 0. The van der Waals surface area contributed by atoms with Crippen molar-refractivity contribution in [3.8, 4) is 11.5 Å². The number of ether oxygens (including phenoxy) is 6. The second-order valence-corrected chi connectivity index (χ2v) is 10.0. The maximum Gasteiger partial charge on any atom is 0.190 e. The Bertz CT molecular complexity index is 1170. The van der Waals surface area contributed by atoms with Crippen LogP contribution < -0.4 is 9.47 Å². The van der Waals surface area contributed by atoms with Gasteiger partial charge in [-0.05, 0) is 55.2 Å². The standard InChI is InChI=1S/C28H30O7/c1-15-18-14-32-25-24(33-27-26(25)34-28(2,3)35-27)22(18)21(23(15)29)17-10-11-19(20(12-17)30-4)31-13-16-8-6-5-7-9-16/h5-12,21-22,24-27H,13-14H2,1-4H3/t21-,22+,24-,25+,26-,27-/m1/s1. The summed E-state index contributed by atoms with van der Waals surface area (Å²) in [4.78, 5) is 13.5. The Labute approximate surface area is 204 Å². The van der Waals surface area contributed by atoms with E-state index in [1.807, 2.05) is 69.3 Å². The Kier molecular flexibility index (Phi) is 5.49. The third-order valence-corrected chi connectivity index (χ3v) is 7.49. The lowest BCUT2D eigenvalue weighted by Gasteiger charge is -2.37. The fraction of sp³-hybridized carbons (Fsp3) is 0.464. The summed E-state index contributed by atoms with van der Waals surface area (Å²) in [5, 5.41) is 0. The first kappa shape index (κ1) is 22.7. The Hall–Kier alpha value is -2.71. The van der Waals surface area contributed by atoms with Crippen LogP contribution in [0.25, 0.3) is 0 Å². The molecule has 3 heterocycles. The number of rotatable bonds is 5. The first-order valence-electron chi connectivity index (χ1n) is 12.1. The molecule has 184 valence electrons. The number of carbonyl (C=O) groups excluding carboxylic acids is 1. The zero-order valence-corrected chi connectivity index (χ0v) is 20.4. The van der Waals surface area contributed by atoms with Crippen LogP contribution in [0, 0.1) is 5.92 Å². The van der Waals surface area contributed by atoms with Gasteiger partial charge in [0.05, 0.1) is 25.7 Å². The number of ketones is 1. The Morgan fingerprint density at radius 3 is 2.57 bits per heavy atom. The summed E-state index contributed by atoms with van der Waals surface area (Å²) < 4.78 is 36.3. The van der Waals surface area contributed by atoms with Gasteiger partial charge in [0.2, 0.25) is 0 Å². The average molecular weight is 479 g/mol. The van der Waals surface area contributed by atoms with Gasteiger partial charge in [-0.15, -0.1) is 0 Å². The Morgan fingerprint density at radius 1 is 1.00 bits per heavy atom. The van der Waals surface area contributed by atoms with Crippen LogP contribution in [0.4, 0.5) is 0 Å². The smallest absolute Gasteiger partial charge is 0.190 e. The van der Waals surface area contributed by atoms with Crippen LogP contribution in [-0.2, 0) is 30.3 Å². The van der Waals surface area contributed by atoms with Gasteiger partial charge in [0.25, 0.3) is 0 Å². The SMILES string of the molecule is COc1cc([C@H]2C(=O)C(C)=C3CO[C@@H]4[C@H]5OC(C)(C)O[C@H]5O[C@@H]4[C@@H]32)ccc1OCc1ccccc1. The van der Waals surface area contributed by atoms with Gasteiger partial charge in [0.15, 0.2) is 29.4 Å². The van der Waals surface area contributed by atoms with Crippen molar-refractivity contribution in [2.75, 3.05) is 13.7 Å². The van der Waals surface area contributed by atoms with E-state index >= 15 is 0 Å². The minimum Gasteiger partial charge on any atom is -0.493 e. The van der Waals surface area contributed by atoms with Crippen molar-refractivity contribution in [2.45, 2.75) is 63.7 Å².